The van der Waals surface area contributed by atoms with Gasteiger partial charge in [0.15, 0.2) is 0 Å². The molecule has 1 aromatic heterocycles. The van der Waals surface area contributed by atoms with Gasteiger partial charge in [-0.15, -0.1) is 0 Å². The Kier molecular flexibility index (Phi) is 2.55. The molecule has 0 spiro atoms. The molecule has 0 N–H and O–H groups in total. The lowest BCUT2D eigenvalue weighted by Gasteiger charge is -1.92. The maximum atomic E-state index is 5.68. The molecule has 0 fully saturated rings. The second kappa shape index (κ2) is 3.03. The van der Waals surface area contributed by atoms with Gasteiger partial charge < -0.3 is 0 Å². The topological polar surface area (TPSA) is 12.9 Å². The van der Waals surface area contributed by atoms with Crippen molar-refractivity contribution in [3.63, 3.8) is 0 Å². The summed E-state index contributed by atoms with van der Waals surface area (Å²) in [6.07, 6.45) is 1.63. The third-order valence-corrected chi connectivity index (χ3v) is 2.47. The monoisotopic (exact) mass is 273 g/mol. The first-order valence-electron chi connectivity index (χ1n) is 2.16. The molecule has 0 saturated carbocycles. The molecule has 0 bridgehead atoms. The second-order valence-electron chi connectivity index (χ2n) is 1.42. The van der Waals surface area contributed by atoms with Crippen LogP contribution in [0.15, 0.2) is 12.3 Å². The summed E-state index contributed by atoms with van der Waals surface area (Å²) in [6.45, 7) is 0. The van der Waals surface area contributed by atoms with Crippen LogP contribution in [0.2, 0.25) is 10.2 Å². The van der Waals surface area contributed by atoms with Crippen molar-refractivity contribution in [3.05, 3.63) is 26.0 Å². The van der Waals surface area contributed by atoms with Gasteiger partial charge in [-0.1, -0.05) is 23.2 Å². The summed E-state index contributed by atoms with van der Waals surface area (Å²) in [5.41, 5.74) is 0. The minimum absolute atomic E-state index is 0.431. The predicted molar refractivity (Wildman–Crippen MR) is 47.0 cm³/mol. The standard InChI is InChI=1S/C5H2Cl2IN/c6-3-1-5(7)9-2-4(3)8/h1-2H. The molecule has 0 atom stereocenters. The second-order valence-corrected chi connectivity index (χ2v) is 3.38. The first-order chi connectivity index (χ1) is 4.20. The van der Waals surface area contributed by atoms with Gasteiger partial charge >= 0.3 is 0 Å². The molecule has 0 aliphatic heterocycles. The molecule has 1 aromatic rings. The van der Waals surface area contributed by atoms with E-state index in [1.165, 1.54) is 0 Å². The largest absolute Gasteiger partial charge is 0.243 e. The lowest BCUT2D eigenvalue weighted by Crippen LogP contribution is -1.77. The Morgan fingerprint density at radius 2 is 2.11 bits per heavy atom. The smallest absolute Gasteiger partial charge is 0.130 e. The Morgan fingerprint density at radius 1 is 1.44 bits per heavy atom. The minimum atomic E-state index is 0.431. The molecule has 1 rings (SSSR count). The maximum Gasteiger partial charge on any atom is 0.130 e. The van der Waals surface area contributed by atoms with Crippen molar-refractivity contribution >= 4 is 45.8 Å². The highest BCUT2D eigenvalue weighted by atomic mass is 127. The molecular formula is C5H2Cl2IN. The van der Waals surface area contributed by atoms with Crippen molar-refractivity contribution < 1.29 is 0 Å². The van der Waals surface area contributed by atoms with Crippen LogP contribution in [0.1, 0.15) is 0 Å². The van der Waals surface area contributed by atoms with Gasteiger partial charge in [0, 0.05) is 6.20 Å². The van der Waals surface area contributed by atoms with Gasteiger partial charge in [-0.25, -0.2) is 4.98 Å². The molecule has 48 valence electrons. The quantitative estimate of drug-likeness (QED) is 0.523. The summed E-state index contributed by atoms with van der Waals surface area (Å²) >= 11 is 13.3. The number of hydrogen-bond acceptors (Lipinski definition) is 1. The molecule has 0 aliphatic carbocycles. The van der Waals surface area contributed by atoms with E-state index in [0.29, 0.717) is 10.2 Å². The van der Waals surface area contributed by atoms with Crippen LogP contribution < -0.4 is 0 Å². The van der Waals surface area contributed by atoms with Gasteiger partial charge in [-0.2, -0.15) is 0 Å². The van der Waals surface area contributed by atoms with Gasteiger partial charge in [0.1, 0.15) is 5.15 Å². The van der Waals surface area contributed by atoms with Crippen LogP contribution in [0, 0.1) is 3.57 Å². The van der Waals surface area contributed by atoms with Gasteiger partial charge in [0.05, 0.1) is 8.59 Å². The summed E-state index contributed by atoms with van der Waals surface area (Å²) in [7, 11) is 0. The Balaban J connectivity index is 3.17. The third-order valence-electron chi connectivity index (χ3n) is 0.775. The van der Waals surface area contributed by atoms with Crippen molar-refractivity contribution in [1.29, 1.82) is 0 Å². The molecular weight excluding hydrogens is 272 g/mol. The fourth-order valence-electron chi connectivity index (χ4n) is 0.391. The highest BCUT2D eigenvalue weighted by Gasteiger charge is 1.95. The molecule has 0 aromatic carbocycles. The van der Waals surface area contributed by atoms with Crippen LogP contribution in [-0.4, -0.2) is 4.98 Å². The van der Waals surface area contributed by atoms with Gasteiger partial charge in [-0.05, 0) is 28.7 Å². The summed E-state index contributed by atoms with van der Waals surface area (Å²) in [5.74, 6) is 0. The maximum absolute atomic E-state index is 5.68. The van der Waals surface area contributed by atoms with Gasteiger partial charge in [0.2, 0.25) is 0 Å². The number of halogens is 3. The van der Waals surface area contributed by atoms with E-state index in [4.69, 9.17) is 23.2 Å². The van der Waals surface area contributed by atoms with Crippen molar-refractivity contribution in [2.75, 3.05) is 0 Å². The fraction of sp³-hybridized carbons (Fsp3) is 0. The van der Waals surface area contributed by atoms with E-state index in [1.807, 2.05) is 0 Å². The molecule has 0 amide bonds. The van der Waals surface area contributed by atoms with E-state index in [-0.39, 0.29) is 0 Å². The zero-order valence-corrected chi connectivity index (χ0v) is 7.91. The molecule has 9 heavy (non-hydrogen) atoms. The molecule has 0 aliphatic rings. The normalized spacial score (nSPS) is 9.67. The molecule has 4 heteroatoms. The first kappa shape index (κ1) is 7.57. The summed E-state index contributed by atoms with van der Waals surface area (Å²) < 4.78 is 0.915. The Morgan fingerprint density at radius 3 is 2.56 bits per heavy atom. The van der Waals surface area contributed by atoms with Gasteiger partial charge in [0.25, 0.3) is 0 Å². The van der Waals surface area contributed by atoms with Crippen molar-refractivity contribution in [2.24, 2.45) is 0 Å². The van der Waals surface area contributed by atoms with E-state index in [9.17, 15) is 0 Å². The van der Waals surface area contributed by atoms with Crippen molar-refractivity contribution in [1.82, 2.24) is 4.98 Å². The van der Waals surface area contributed by atoms with Gasteiger partial charge in [-0.3, -0.25) is 0 Å². The van der Waals surface area contributed by atoms with Crippen LogP contribution in [0.3, 0.4) is 0 Å². The number of aromatic nitrogens is 1. The highest BCUT2D eigenvalue weighted by Crippen LogP contribution is 2.19. The molecule has 0 unspecified atom stereocenters. The van der Waals surface area contributed by atoms with E-state index in [2.05, 4.69) is 27.6 Å². The number of rotatable bonds is 0. The molecule has 1 nitrogen and oxygen atoms in total. The van der Waals surface area contributed by atoms with E-state index in [1.54, 1.807) is 12.3 Å². The Bertz CT molecular complexity index is 226. The van der Waals surface area contributed by atoms with E-state index in [0.717, 1.165) is 3.57 Å². The third kappa shape index (κ3) is 1.95. The molecule has 1 heterocycles. The van der Waals surface area contributed by atoms with Crippen LogP contribution in [0.5, 0.6) is 0 Å². The molecule has 0 radical (unpaired) electrons. The zero-order valence-electron chi connectivity index (χ0n) is 4.24. The number of hydrogen-bond donors (Lipinski definition) is 0. The van der Waals surface area contributed by atoms with Crippen molar-refractivity contribution in [3.8, 4) is 0 Å². The predicted octanol–water partition coefficient (Wildman–Crippen LogP) is 2.99. The van der Waals surface area contributed by atoms with Crippen LogP contribution in [-0.2, 0) is 0 Å². The lowest BCUT2D eigenvalue weighted by atomic mass is 10.5. The minimum Gasteiger partial charge on any atom is -0.243 e. The summed E-state index contributed by atoms with van der Waals surface area (Å²) in [6, 6.07) is 1.62. The average molecular weight is 274 g/mol. The fourth-order valence-corrected chi connectivity index (χ4v) is 1.05. The Labute approximate surface area is 76.5 Å². The van der Waals surface area contributed by atoms with Crippen LogP contribution in [0.4, 0.5) is 0 Å². The van der Waals surface area contributed by atoms with Crippen LogP contribution in [0.25, 0.3) is 0 Å². The average Bonchev–Trinajstić information content (AvgIpc) is 1.80. The summed E-state index contributed by atoms with van der Waals surface area (Å²) in [5, 5.41) is 1.08. The SMILES string of the molecule is Clc1cc(Cl)c(I)cn1. The molecule has 0 saturated heterocycles. The van der Waals surface area contributed by atoms with E-state index >= 15 is 0 Å². The number of pyridine rings is 1. The Hall–Kier alpha value is 0.460. The zero-order chi connectivity index (χ0) is 6.85. The highest BCUT2D eigenvalue weighted by molar-refractivity contribution is 14.1. The van der Waals surface area contributed by atoms with E-state index < -0.39 is 0 Å². The van der Waals surface area contributed by atoms with Crippen molar-refractivity contribution in [2.45, 2.75) is 0 Å². The number of nitrogens with zero attached hydrogens (tertiary/aromatic N) is 1. The summed E-state index contributed by atoms with van der Waals surface area (Å²) in [4.78, 5) is 3.81. The lowest BCUT2D eigenvalue weighted by molar-refractivity contribution is 1.31. The van der Waals surface area contributed by atoms with Crippen LogP contribution >= 0.6 is 45.8 Å². The first-order valence-corrected chi connectivity index (χ1v) is 4.00.